The number of carbonyl (C=O) groups excluding carboxylic acids is 2. The van der Waals surface area contributed by atoms with Gasteiger partial charge in [0.05, 0.1) is 6.26 Å². The van der Waals surface area contributed by atoms with Gasteiger partial charge < -0.3 is 41.5 Å². The van der Waals surface area contributed by atoms with E-state index in [4.69, 9.17) is 26.3 Å². The highest BCUT2D eigenvalue weighted by Crippen LogP contribution is 2.26. The van der Waals surface area contributed by atoms with Crippen LogP contribution < -0.4 is 46.5 Å². The third-order valence-corrected chi connectivity index (χ3v) is 17.3. The summed E-state index contributed by atoms with van der Waals surface area (Å²) >= 11 is 0. The van der Waals surface area contributed by atoms with Crippen LogP contribution in [-0.4, -0.2) is 201 Å². The molecular formula is C78H173N19O13S4. The highest BCUT2D eigenvalue weighted by molar-refractivity contribution is 7.89. The number of unbranched alkanes of at least 4 members (excludes halogenated alkanes) is 3. The molecule has 0 aromatic carbocycles. The minimum Gasteiger partial charge on any atom is -0.389 e. The first-order valence-electron chi connectivity index (χ1n) is 40.1. The van der Waals surface area contributed by atoms with Crippen molar-refractivity contribution in [3.8, 4) is 0 Å². The number of aliphatic hydroxyl groups is 1. The van der Waals surface area contributed by atoms with Crippen molar-refractivity contribution in [1.82, 2.24) is 40.1 Å². The zero-order chi connectivity index (χ0) is 91.4. The lowest BCUT2D eigenvalue weighted by Gasteiger charge is -2.20. The molecule has 0 aliphatic carbocycles. The Morgan fingerprint density at radius 3 is 1.11 bits per heavy atom. The van der Waals surface area contributed by atoms with Crippen LogP contribution >= 0.6 is 0 Å². The number of nitrogens with two attached hydrogens (primary N) is 4. The van der Waals surface area contributed by atoms with Gasteiger partial charge in [-0.3, -0.25) is 34.0 Å². The van der Waals surface area contributed by atoms with Crippen LogP contribution in [0.5, 0.6) is 0 Å². The largest absolute Gasteiger partial charge is 0.389 e. The Bertz CT molecular complexity index is 3160. The van der Waals surface area contributed by atoms with Crippen LogP contribution in [0.15, 0.2) is 28.9 Å². The monoisotopic (exact) mass is 1710 g/mol. The number of Topliss-reactive ketones (excluding diaryl/α,β-unsaturated/α-hetero) is 2. The van der Waals surface area contributed by atoms with Gasteiger partial charge in [0.15, 0.2) is 16.8 Å². The van der Waals surface area contributed by atoms with Gasteiger partial charge in [-0.05, 0) is 147 Å². The molecule has 0 fully saturated rings. The summed E-state index contributed by atoms with van der Waals surface area (Å²) in [5.41, 5.74) is 7.45. The number of nitrogens with zero attached hydrogens (tertiary/aromatic N) is 10. The van der Waals surface area contributed by atoms with Crippen LogP contribution in [0, 0.1) is 54.4 Å². The Balaban J connectivity index is -0.000000188. The number of hydrogen-bond acceptors (Lipinski definition) is 16. The quantitative estimate of drug-likeness (QED) is 0.00915. The zero-order valence-corrected chi connectivity index (χ0v) is 81.2. The summed E-state index contributed by atoms with van der Waals surface area (Å²) < 4.78 is 97.5. The summed E-state index contributed by atoms with van der Waals surface area (Å²) in [6.45, 7) is 52.2. The fourth-order valence-electron chi connectivity index (χ4n) is 9.20. The first-order valence-corrected chi connectivity index (χ1v) is 46.5. The zero-order valence-electron chi connectivity index (χ0n) is 77.9. The fraction of sp³-hybridized carbons (Fsp3) is 0.897. The highest BCUT2D eigenvalue weighted by Gasteiger charge is 2.17. The summed E-state index contributed by atoms with van der Waals surface area (Å²) in [7, 11) is 1.36. The van der Waals surface area contributed by atoms with E-state index in [0.717, 1.165) is 141 Å². The third-order valence-electron chi connectivity index (χ3n) is 15.3. The van der Waals surface area contributed by atoms with Crippen molar-refractivity contribution in [3.63, 3.8) is 0 Å². The Hall–Kier alpha value is -5.40. The minimum atomic E-state index is -3.83. The second-order valence-corrected chi connectivity index (χ2v) is 42.5. The van der Waals surface area contributed by atoms with Crippen LogP contribution in [0.1, 0.15) is 320 Å². The number of hydrazone groups is 1. The van der Waals surface area contributed by atoms with Crippen molar-refractivity contribution < 1.29 is 53.4 Å². The molecule has 0 aromatic rings. The maximum atomic E-state index is 10.9. The Morgan fingerprint density at radius 2 is 0.807 bits per heavy atom. The average Bonchev–Trinajstić information content (AvgIpc) is 0.909. The van der Waals surface area contributed by atoms with Gasteiger partial charge in [0.2, 0.25) is 16.0 Å². The van der Waals surface area contributed by atoms with E-state index in [2.05, 4.69) is 207 Å². The molecule has 0 unspecified atom stereocenters. The van der Waals surface area contributed by atoms with Crippen LogP contribution in [0.25, 0.3) is 0 Å². The van der Waals surface area contributed by atoms with Crippen molar-refractivity contribution in [2.24, 2.45) is 94.4 Å². The number of ketones is 2. The fourth-order valence-corrected chi connectivity index (χ4v) is 11.2. The topological polar surface area (TPSA) is 482 Å². The number of rotatable bonds is 36. The van der Waals surface area contributed by atoms with E-state index in [1.165, 1.54) is 12.8 Å². The van der Waals surface area contributed by atoms with E-state index in [0.29, 0.717) is 112 Å². The predicted octanol–water partition coefficient (Wildman–Crippen LogP) is 12.9. The van der Waals surface area contributed by atoms with Gasteiger partial charge in [0.1, 0.15) is 35.0 Å². The summed E-state index contributed by atoms with van der Waals surface area (Å²) in [5, 5.41) is 44.9. The molecule has 0 aliphatic heterocycles. The van der Waals surface area contributed by atoms with Crippen molar-refractivity contribution in [3.05, 3.63) is 10.1 Å². The smallest absolute Gasteiger partial charge is 0.318 e. The molecule has 0 radical (unpaired) electrons. The molecule has 0 amide bonds. The molecule has 0 spiro atoms. The molecule has 0 bridgehead atoms. The molecule has 114 heavy (non-hydrogen) atoms. The van der Waals surface area contributed by atoms with Gasteiger partial charge >= 0.3 is 20.4 Å². The number of amidine groups is 3. The van der Waals surface area contributed by atoms with Gasteiger partial charge in [-0.2, -0.15) is 25.3 Å². The van der Waals surface area contributed by atoms with Crippen molar-refractivity contribution in [1.29, 1.82) is 0 Å². The number of aliphatic imine (C=N–C) groups is 3. The van der Waals surface area contributed by atoms with Gasteiger partial charge in [0, 0.05) is 122 Å². The van der Waals surface area contributed by atoms with Gasteiger partial charge in [-0.1, -0.05) is 179 Å². The molecule has 0 saturated carbocycles. The predicted molar refractivity (Wildman–Crippen MR) is 484 cm³/mol. The van der Waals surface area contributed by atoms with Gasteiger partial charge in [-0.25, -0.2) is 33.9 Å². The van der Waals surface area contributed by atoms with Crippen molar-refractivity contribution in [2.75, 3.05) is 95.9 Å². The number of guanidine groups is 3. The number of sulfonamides is 1. The molecular weight excluding hydrogens is 1540 g/mol. The number of hydrogen-bond donors (Lipinski definition) is 10. The number of aliphatic hydroxyl groups excluding tert-OH is 1. The van der Waals surface area contributed by atoms with Crippen LogP contribution in [0.3, 0.4) is 0 Å². The summed E-state index contributed by atoms with van der Waals surface area (Å²) in [5.74, 6) is 4.26. The third kappa shape index (κ3) is 117. The van der Waals surface area contributed by atoms with Crippen LogP contribution in [0.4, 0.5) is 0 Å². The van der Waals surface area contributed by atoms with Gasteiger partial charge in [0.25, 0.3) is 16.2 Å². The Labute approximate surface area is 697 Å². The van der Waals surface area contributed by atoms with E-state index in [1.54, 1.807) is 52.1 Å². The molecule has 0 saturated heterocycles. The van der Waals surface area contributed by atoms with Crippen molar-refractivity contribution >= 4 is 87.6 Å². The maximum absolute atomic E-state index is 10.9. The standard InChI is InChI=1S/C11H25N3O2S.C11H25N3.C10H23N3O2S.C10H20O.C9H20N4O2.2C9H21N3O2S.C9H18O2/c1-11(2,3)9-7-6-8-10(14(4)5)13-17(12,15)16;1-11(2,3)8-7-9-13-10(12-4)14(5)6;1-10(2,3)8-6-5-7-9(12-4)13-16(11,14)15;1-5-9(11)7-6-8-10(2,3)4;1-8(2)6-5-7-10-9(12(3)4)11-13(14)15;1-8(2)6-5-7-11-9(10-3)12-15(4,13)14;1-9(2,3)7-5-4-6-8(10)12-15(11,13)14;1-9(2,3)6-4-5-8(11)7-10/h6-9H2,1-5H3,(H2,12,15,16);7-9H2,1-6H3,(H,12,13);5-8H2,1-4H3,(H,12,13)(H2,11,14,15);5-8H2,1-4H3;8H,5-7H2,1-4H3,(H,10,11);8H,5-7H2,1-4H3,(H2,10,11,12);4-7H2,1-3H3,(H2,10,12)(H2,11,13,14);10H,4-7H2,1-3H3. The maximum Gasteiger partial charge on any atom is 0.318 e. The first-order chi connectivity index (χ1) is 51.3. The average molecular weight is 1710 g/mol. The summed E-state index contributed by atoms with van der Waals surface area (Å²) in [4.78, 5) is 48.9. The molecule has 682 valence electrons. The molecule has 0 aromatic heterocycles. The second kappa shape index (κ2) is 65.5. The second-order valence-electron chi connectivity index (χ2n) is 37.0. The Morgan fingerprint density at radius 1 is 0.456 bits per heavy atom. The molecule has 0 atom stereocenters. The molecule has 32 nitrogen and oxygen atoms in total. The van der Waals surface area contributed by atoms with E-state index < -0.39 is 45.7 Å². The highest BCUT2D eigenvalue weighted by atomic mass is 32.2. The SMILES string of the molecule is CC(C)(C)CCCC(=O)CO.CC(C)(C)CCCCC(N)=NS(N)(=O)=O.CC(C)CCCN/C(=N/[N+](=O)[O-])N(C)C.CCC(=O)CCCC(C)(C)C.CN(C)C(CCCCC(C)(C)C)=NS(N)(=O)=O.CN=C(CCCCC(C)(C)C)NS(N)(=O)=O.CN=C(NCCCC(C)(C)C)N(C)C.CN=C(NCCCC(C)C)NS(C)(=O)=O. The first kappa shape index (κ1) is 124. The molecule has 0 aliphatic rings. The number of carbonyl (C=O) groups is 2. The summed E-state index contributed by atoms with van der Waals surface area (Å²) in [6, 6.07) is 0. The number of nitro groups is 1. The lowest BCUT2D eigenvalue weighted by Crippen LogP contribution is -2.40. The van der Waals surface area contributed by atoms with E-state index >= 15 is 0 Å². The van der Waals surface area contributed by atoms with Gasteiger partial charge in [-0.15, -0.1) is 8.80 Å². The van der Waals surface area contributed by atoms with E-state index in [-0.39, 0.29) is 18.2 Å². The van der Waals surface area contributed by atoms with Crippen LogP contribution in [-0.2, 0) is 50.2 Å². The molecule has 0 rings (SSSR count). The normalized spacial score (nSPS) is 13.0. The summed E-state index contributed by atoms with van der Waals surface area (Å²) in [6.07, 6.45) is 24.7. The lowest BCUT2D eigenvalue weighted by molar-refractivity contribution is -0.485. The van der Waals surface area contributed by atoms with Crippen molar-refractivity contribution in [2.45, 2.75) is 320 Å². The van der Waals surface area contributed by atoms with E-state index in [9.17, 15) is 53.4 Å². The molecule has 36 heteroatoms. The lowest BCUT2D eigenvalue weighted by atomic mass is 9.89. The Kier molecular flexibility index (Phi) is 71.4. The number of nitrogens with one attached hydrogen (secondary N) is 5. The van der Waals surface area contributed by atoms with Crippen LogP contribution in [0.2, 0.25) is 0 Å². The minimum absolute atomic E-state index is 0.0470. The molecule has 14 N–H and O–H groups in total. The molecule has 0 heterocycles. The van der Waals surface area contributed by atoms with E-state index in [1.807, 2.05) is 33.0 Å².